The predicted molar refractivity (Wildman–Crippen MR) is 79.3 cm³/mol. The molecule has 5 heteroatoms. The van der Waals surface area contributed by atoms with Crippen molar-refractivity contribution in [2.24, 2.45) is 0 Å². The lowest BCUT2D eigenvalue weighted by molar-refractivity contribution is -0.124. The minimum atomic E-state index is -0.561. The predicted octanol–water partition coefficient (Wildman–Crippen LogP) is 2.09. The molecular formula is C15H20FNO2S. The van der Waals surface area contributed by atoms with Gasteiger partial charge in [0, 0.05) is 18.4 Å². The van der Waals surface area contributed by atoms with Crippen LogP contribution in [0.25, 0.3) is 0 Å². The molecule has 0 bridgehead atoms. The summed E-state index contributed by atoms with van der Waals surface area (Å²) in [4.78, 5) is 12.5. The van der Waals surface area contributed by atoms with Crippen LogP contribution in [0.1, 0.15) is 24.8 Å². The zero-order valence-electron chi connectivity index (χ0n) is 11.6. The number of hydrogen-bond acceptors (Lipinski definition) is 3. The lowest BCUT2D eigenvalue weighted by Gasteiger charge is -2.22. The molecule has 3 nitrogen and oxygen atoms in total. The van der Waals surface area contributed by atoms with Gasteiger partial charge >= 0.3 is 0 Å². The molecule has 1 amide bonds. The lowest BCUT2D eigenvalue weighted by atomic mass is 9.94. The van der Waals surface area contributed by atoms with E-state index in [-0.39, 0.29) is 24.4 Å². The van der Waals surface area contributed by atoms with Gasteiger partial charge in [-0.2, -0.15) is 11.8 Å². The van der Waals surface area contributed by atoms with E-state index in [0.717, 1.165) is 24.2 Å². The van der Waals surface area contributed by atoms with Gasteiger partial charge in [-0.15, -0.1) is 0 Å². The second-order valence-electron chi connectivity index (χ2n) is 5.23. The third-order valence-corrected chi connectivity index (χ3v) is 4.48. The van der Waals surface area contributed by atoms with E-state index in [0.29, 0.717) is 6.42 Å². The number of carbonyl (C=O) groups is 1. The lowest BCUT2D eigenvalue weighted by Crippen LogP contribution is -2.43. The van der Waals surface area contributed by atoms with Crippen molar-refractivity contribution in [1.29, 1.82) is 0 Å². The number of rotatable bonds is 7. The first-order chi connectivity index (χ1) is 9.62. The average molecular weight is 297 g/mol. The molecule has 1 atom stereocenters. The van der Waals surface area contributed by atoms with Gasteiger partial charge in [-0.1, -0.05) is 12.1 Å². The summed E-state index contributed by atoms with van der Waals surface area (Å²) in [6, 6.07) is 6.26. The number of halogens is 1. The molecule has 1 aliphatic rings. The molecule has 110 valence electrons. The van der Waals surface area contributed by atoms with E-state index in [1.807, 2.05) is 12.3 Å². The Morgan fingerprint density at radius 1 is 1.55 bits per heavy atom. The zero-order valence-corrected chi connectivity index (χ0v) is 12.4. The average Bonchev–Trinajstić information content (AvgIpc) is 3.21. The first kappa shape index (κ1) is 15.3. The molecular weight excluding hydrogens is 277 g/mol. The number of thioether (sulfide) groups is 1. The van der Waals surface area contributed by atoms with Crippen molar-refractivity contribution in [2.75, 3.05) is 18.6 Å². The Hall–Kier alpha value is -1.07. The van der Waals surface area contributed by atoms with Gasteiger partial charge in [-0.05, 0) is 43.2 Å². The van der Waals surface area contributed by atoms with E-state index in [2.05, 4.69) is 5.32 Å². The van der Waals surface area contributed by atoms with E-state index < -0.39 is 5.41 Å². The summed E-state index contributed by atoms with van der Waals surface area (Å²) in [7, 11) is 0. The number of hydrogen-bond donors (Lipinski definition) is 2. The maximum atomic E-state index is 13.3. The van der Waals surface area contributed by atoms with Crippen LogP contribution < -0.4 is 5.32 Å². The van der Waals surface area contributed by atoms with Crippen molar-refractivity contribution in [1.82, 2.24) is 5.32 Å². The van der Waals surface area contributed by atoms with E-state index >= 15 is 0 Å². The highest BCUT2D eigenvalue weighted by molar-refractivity contribution is 7.98. The van der Waals surface area contributed by atoms with Crippen LogP contribution in [-0.2, 0) is 10.2 Å². The van der Waals surface area contributed by atoms with Crippen LogP contribution in [0, 0.1) is 5.82 Å². The quantitative estimate of drug-likeness (QED) is 0.810. The van der Waals surface area contributed by atoms with Gasteiger partial charge in [0.1, 0.15) is 5.82 Å². The molecule has 1 unspecified atom stereocenters. The van der Waals surface area contributed by atoms with Crippen LogP contribution >= 0.6 is 11.8 Å². The fourth-order valence-corrected chi connectivity index (χ4v) is 3.09. The normalized spacial score (nSPS) is 17.6. The molecule has 0 aromatic heterocycles. The highest BCUT2D eigenvalue weighted by Crippen LogP contribution is 2.48. The molecule has 1 aliphatic carbocycles. The van der Waals surface area contributed by atoms with Crippen LogP contribution in [0.15, 0.2) is 24.3 Å². The summed E-state index contributed by atoms with van der Waals surface area (Å²) in [5.74, 6) is 0.416. The second-order valence-corrected chi connectivity index (χ2v) is 6.14. The maximum absolute atomic E-state index is 13.3. The van der Waals surface area contributed by atoms with E-state index in [4.69, 9.17) is 5.11 Å². The number of amides is 1. The number of aliphatic hydroxyl groups is 1. The number of aliphatic hydroxyl groups excluding tert-OH is 1. The Morgan fingerprint density at radius 2 is 2.30 bits per heavy atom. The summed E-state index contributed by atoms with van der Waals surface area (Å²) in [6.07, 6.45) is 4.03. The minimum absolute atomic E-state index is 0.0338. The summed E-state index contributed by atoms with van der Waals surface area (Å²) < 4.78 is 13.3. The number of benzene rings is 1. The van der Waals surface area contributed by atoms with Gasteiger partial charge < -0.3 is 10.4 Å². The monoisotopic (exact) mass is 297 g/mol. The molecule has 2 N–H and O–H groups in total. The van der Waals surface area contributed by atoms with E-state index in [1.165, 1.54) is 12.1 Å². The van der Waals surface area contributed by atoms with Gasteiger partial charge in [0.05, 0.1) is 5.41 Å². The van der Waals surface area contributed by atoms with E-state index in [9.17, 15) is 9.18 Å². The van der Waals surface area contributed by atoms with Crippen LogP contribution in [0.4, 0.5) is 4.39 Å². The summed E-state index contributed by atoms with van der Waals surface area (Å²) >= 11 is 1.64. The smallest absolute Gasteiger partial charge is 0.230 e. The van der Waals surface area contributed by atoms with Crippen LogP contribution in [0.3, 0.4) is 0 Å². The van der Waals surface area contributed by atoms with Crippen LogP contribution in [0.2, 0.25) is 0 Å². The molecule has 0 heterocycles. The first-order valence-electron chi connectivity index (χ1n) is 6.79. The largest absolute Gasteiger partial charge is 0.396 e. The van der Waals surface area contributed by atoms with Crippen LogP contribution in [0.5, 0.6) is 0 Å². The highest BCUT2D eigenvalue weighted by Gasteiger charge is 2.51. The molecule has 1 aromatic rings. The number of nitrogens with one attached hydrogen (secondary N) is 1. The molecule has 1 fully saturated rings. The Kier molecular flexibility index (Phi) is 5.05. The van der Waals surface area contributed by atoms with Crippen LogP contribution in [-0.4, -0.2) is 35.7 Å². The van der Waals surface area contributed by atoms with Crippen molar-refractivity contribution < 1.29 is 14.3 Å². The van der Waals surface area contributed by atoms with Crippen molar-refractivity contribution in [2.45, 2.75) is 30.7 Å². The highest BCUT2D eigenvalue weighted by atomic mass is 32.2. The van der Waals surface area contributed by atoms with Gasteiger partial charge in [0.2, 0.25) is 5.91 Å². The summed E-state index contributed by atoms with van der Waals surface area (Å²) in [6.45, 7) is 0.0540. The minimum Gasteiger partial charge on any atom is -0.396 e. The zero-order chi connectivity index (χ0) is 14.6. The van der Waals surface area contributed by atoms with Crippen molar-refractivity contribution >= 4 is 17.7 Å². The van der Waals surface area contributed by atoms with Gasteiger partial charge in [-0.25, -0.2) is 4.39 Å². The van der Waals surface area contributed by atoms with Gasteiger partial charge in [0.15, 0.2) is 0 Å². The summed E-state index contributed by atoms with van der Waals surface area (Å²) in [5, 5.41) is 12.0. The van der Waals surface area contributed by atoms with Gasteiger partial charge in [-0.3, -0.25) is 4.79 Å². The first-order valence-corrected chi connectivity index (χ1v) is 8.18. The Labute approximate surface area is 123 Å². The fourth-order valence-electron chi connectivity index (χ4n) is 2.44. The van der Waals surface area contributed by atoms with Crippen molar-refractivity contribution in [3.8, 4) is 0 Å². The van der Waals surface area contributed by atoms with E-state index in [1.54, 1.807) is 17.8 Å². The standard InChI is InChI=1S/C15H20FNO2S/c1-20-10-13(5-8-18)17-14(19)15(6-7-15)11-3-2-4-12(16)9-11/h2-4,9,13,18H,5-8,10H2,1H3,(H,17,19). The molecule has 0 saturated heterocycles. The Balaban J connectivity index is 2.08. The maximum Gasteiger partial charge on any atom is 0.230 e. The topological polar surface area (TPSA) is 49.3 Å². The second kappa shape index (κ2) is 6.59. The third kappa shape index (κ3) is 3.33. The molecule has 2 rings (SSSR count). The Bertz CT molecular complexity index is 471. The summed E-state index contributed by atoms with van der Waals surface area (Å²) in [5.41, 5.74) is 0.190. The molecule has 20 heavy (non-hydrogen) atoms. The molecule has 1 aromatic carbocycles. The number of carbonyl (C=O) groups excluding carboxylic acids is 1. The molecule has 0 radical (unpaired) electrons. The Morgan fingerprint density at radius 3 is 2.85 bits per heavy atom. The molecule has 1 saturated carbocycles. The van der Waals surface area contributed by atoms with Crippen molar-refractivity contribution in [3.05, 3.63) is 35.6 Å². The molecule has 0 aliphatic heterocycles. The fraction of sp³-hybridized carbons (Fsp3) is 0.533. The third-order valence-electron chi connectivity index (χ3n) is 3.74. The van der Waals surface area contributed by atoms with Gasteiger partial charge in [0.25, 0.3) is 0 Å². The SMILES string of the molecule is CSCC(CCO)NC(=O)C1(c2cccc(F)c2)CC1. The van der Waals surface area contributed by atoms with Crippen molar-refractivity contribution in [3.63, 3.8) is 0 Å². The molecule has 0 spiro atoms.